The third kappa shape index (κ3) is 3.93. The van der Waals surface area contributed by atoms with Gasteiger partial charge in [0.05, 0.1) is 17.9 Å². The molecular formula is C24H22N4O5. The Kier molecular flexibility index (Phi) is 5.52. The molecule has 1 N–H and O–H groups in total. The fourth-order valence-corrected chi connectivity index (χ4v) is 4.19. The molecule has 9 nitrogen and oxygen atoms in total. The Morgan fingerprint density at radius 1 is 1.00 bits per heavy atom. The van der Waals surface area contributed by atoms with Crippen LogP contribution < -0.4 is 9.47 Å². The van der Waals surface area contributed by atoms with Gasteiger partial charge in [-0.05, 0) is 42.3 Å². The molecule has 1 fully saturated rings. The van der Waals surface area contributed by atoms with Crippen LogP contribution in [0.4, 0.5) is 0 Å². The number of ether oxygens (including phenoxy) is 2. The molecule has 1 aromatic carbocycles. The number of nitrogens with zero attached hydrogens (tertiary/aromatic N) is 4. The van der Waals surface area contributed by atoms with Crippen LogP contribution in [0.15, 0.2) is 67.0 Å². The minimum Gasteiger partial charge on any atom is -0.507 e. The van der Waals surface area contributed by atoms with E-state index in [1.54, 1.807) is 55.2 Å². The summed E-state index contributed by atoms with van der Waals surface area (Å²) in [5, 5.41) is 11.2. The first kappa shape index (κ1) is 20.7. The molecule has 9 heteroatoms. The molecule has 3 aromatic rings. The molecule has 0 aliphatic carbocycles. The number of hydrogen-bond donors (Lipinski definition) is 1. The fraction of sp³-hybridized carbons (Fsp3) is 0.250. The van der Waals surface area contributed by atoms with Crippen molar-refractivity contribution >= 4 is 17.4 Å². The van der Waals surface area contributed by atoms with Crippen LogP contribution >= 0.6 is 0 Å². The Hall–Kier alpha value is -4.14. The second kappa shape index (κ2) is 8.78. The van der Waals surface area contributed by atoms with E-state index in [9.17, 15) is 14.7 Å². The highest BCUT2D eigenvalue weighted by Crippen LogP contribution is 2.41. The molecule has 4 heterocycles. The van der Waals surface area contributed by atoms with Gasteiger partial charge in [-0.2, -0.15) is 0 Å². The van der Waals surface area contributed by atoms with Crippen molar-refractivity contribution in [2.75, 3.05) is 19.8 Å². The van der Waals surface area contributed by atoms with Gasteiger partial charge in [0.15, 0.2) is 11.5 Å². The second-order valence-electron chi connectivity index (χ2n) is 7.79. The second-order valence-corrected chi connectivity index (χ2v) is 7.79. The molecule has 168 valence electrons. The van der Waals surface area contributed by atoms with Gasteiger partial charge in [0, 0.05) is 43.4 Å². The maximum Gasteiger partial charge on any atom is 0.295 e. The topological polar surface area (TPSA) is 107 Å². The molecule has 0 saturated carbocycles. The number of amides is 1. The number of aryl methyl sites for hydroxylation is 1. The van der Waals surface area contributed by atoms with Crippen LogP contribution in [-0.2, 0) is 16.1 Å². The van der Waals surface area contributed by atoms with E-state index in [1.165, 1.54) is 4.90 Å². The summed E-state index contributed by atoms with van der Waals surface area (Å²) in [4.78, 5) is 35.7. The monoisotopic (exact) mass is 446 g/mol. The molecule has 1 amide bonds. The average molecular weight is 446 g/mol. The van der Waals surface area contributed by atoms with E-state index in [1.807, 2.05) is 10.8 Å². The molecule has 1 atom stereocenters. The normalized spacial score (nSPS) is 19.2. The first-order chi connectivity index (χ1) is 16.1. The molecule has 33 heavy (non-hydrogen) atoms. The lowest BCUT2D eigenvalue weighted by Gasteiger charge is -2.25. The van der Waals surface area contributed by atoms with Crippen LogP contribution in [0.2, 0.25) is 0 Å². The highest BCUT2D eigenvalue weighted by Gasteiger charge is 2.45. The number of fused-ring (bicyclic) bond motifs is 1. The smallest absolute Gasteiger partial charge is 0.295 e. The number of aromatic nitrogens is 3. The van der Waals surface area contributed by atoms with Crippen LogP contribution in [0.3, 0.4) is 0 Å². The summed E-state index contributed by atoms with van der Waals surface area (Å²) in [6, 6.07) is 7.74. The summed E-state index contributed by atoms with van der Waals surface area (Å²) in [6.45, 7) is 1.84. The Morgan fingerprint density at radius 3 is 2.55 bits per heavy atom. The van der Waals surface area contributed by atoms with E-state index in [0.29, 0.717) is 55.4 Å². The Balaban J connectivity index is 1.52. The highest BCUT2D eigenvalue weighted by molar-refractivity contribution is 6.46. The molecule has 5 rings (SSSR count). The number of aliphatic hydroxyl groups excluding tert-OH is 1. The van der Waals surface area contributed by atoms with Crippen molar-refractivity contribution in [1.29, 1.82) is 0 Å². The zero-order valence-electron chi connectivity index (χ0n) is 17.8. The molecule has 1 saturated heterocycles. The number of likely N-dealkylation sites (tertiary alicyclic amines) is 1. The lowest BCUT2D eigenvalue weighted by molar-refractivity contribution is -0.139. The summed E-state index contributed by atoms with van der Waals surface area (Å²) >= 11 is 0. The molecule has 0 bridgehead atoms. The third-order valence-electron chi connectivity index (χ3n) is 5.75. The van der Waals surface area contributed by atoms with E-state index in [-0.39, 0.29) is 11.3 Å². The van der Waals surface area contributed by atoms with Gasteiger partial charge in [-0.1, -0.05) is 0 Å². The minimum atomic E-state index is -0.719. The maximum absolute atomic E-state index is 13.1. The van der Waals surface area contributed by atoms with Gasteiger partial charge in [-0.15, -0.1) is 0 Å². The van der Waals surface area contributed by atoms with Crippen molar-refractivity contribution in [2.24, 2.45) is 0 Å². The predicted octanol–water partition coefficient (Wildman–Crippen LogP) is 2.56. The summed E-state index contributed by atoms with van der Waals surface area (Å²) < 4.78 is 13.1. The van der Waals surface area contributed by atoms with Crippen molar-refractivity contribution in [1.82, 2.24) is 19.4 Å². The maximum atomic E-state index is 13.1. The number of rotatable bonds is 6. The molecular weight excluding hydrogens is 424 g/mol. The molecule has 2 aliphatic heterocycles. The Bertz CT molecular complexity index is 1210. The van der Waals surface area contributed by atoms with Crippen molar-refractivity contribution in [3.05, 3.63) is 78.1 Å². The minimum absolute atomic E-state index is 0.0468. The van der Waals surface area contributed by atoms with Crippen molar-refractivity contribution in [3.8, 4) is 11.5 Å². The number of imidazole rings is 1. The van der Waals surface area contributed by atoms with Gasteiger partial charge in [0.2, 0.25) is 0 Å². The Labute approximate surface area is 189 Å². The Morgan fingerprint density at radius 2 is 1.79 bits per heavy atom. The standard InChI is InChI=1S/C24H22N4O5/c29-22(17-2-3-18-19(14-17)33-13-12-32-18)20-21(16-4-6-25-7-5-16)28(24(31)23(20)30)10-1-9-27-11-8-26-15-27/h2-8,11,14-15,21,29H,1,9-10,12-13H2/b22-20+. The summed E-state index contributed by atoms with van der Waals surface area (Å²) in [6.07, 6.45) is 9.06. The number of carbonyl (C=O) groups is 2. The van der Waals surface area contributed by atoms with Gasteiger partial charge in [-0.25, -0.2) is 4.98 Å². The van der Waals surface area contributed by atoms with E-state index >= 15 is 0 Å². The van der Waals surface area contributed by atoms with Crippen LogP contribution in [0.5, 0.6) is 11.5 Å². The van der Waals surface area contributed by atoms with Gasteiger partial charge in [0.1, 0.15) is 19.0 Å². The number of pyridine rings is 1. The first-order valence-corrected chi connectivity index (χ1v) is 10.7. The van der Waals surface area contributed by atoms with Gasteiger partial charge in [-0.3, -0.25) is 14.6 Å². The van der Waals surface area contributed by atoms with Crippen molar-refractivity contribution in [3.63, 3.8) is 0 Å². The number of benzene rings is 1. The zero-order chi connectivity index (χ0) is 22.8. The molecule has 0 spiro atoms. The SMILES string of the molecule is O=C1C(=O)N(CCCn2ccnc2)C(c2ccncc2)/C1=C(\O)c1ccc2c(c1)OCCO2. The van der Waals surface area contributed by atoms with E-state index in [2.05, 4.69) is 9.97 Å². The van der Waals surface area contributed by atoms with Crippen molar-refractivity contribution in [2.45, 2.75) is 19.0 Å². The quantitative estimate of drug-likeness (QED) is 0.352. The molecule has 1 unspecified atom stereocenters. The number of Topliss-reactive ketones (excluding diaryl/α,β-unsaturated/α-hetero) is 1. The molecule has 2 aromatic heterocycles. The van der Waals surface area contributed by atoms with Gasteiger partial charge < -0.3 is 24.0 Å². The van der Waals surface area contributed by atoms with E-state index < -0.39 is 17.7 Å². The van der Waals surface area contributed by atoms with E-state index in [0.717, 1.165) is 0 Å². The molecule has 0 radical (unpaired) electrons. The molecule has 2 aliphatic rings. The number of hydrogen-bond acceptors (Lipinski definition) is 7. The van der Waals surface area contributed by atoms with E-state index in [4.69, 9.17) is 9.47 Å². The van der Waals surface area contributed by atoms with Crippen LogP contribution in [0.25, 0.3) is 5.76 Å². The number of ketones is 1. The number of aliphatic hydroxyl groups is 1. The van der Waals surface area contributed by atoms with Crippen LogP contribution in [-0.4, -0.2) is 56.0 Å². The van der Waals surface area contributed by atoms with Gasteiger partial charge >= 0.3 is 0 Å². The lowest BCUT2D eigenvalue weighted by Crippen LogP contribution is -2.31. The van der Waals surface area contributed by atoms with Crippen LogP contribution in [0.1, 0.15) is 23.6 Å². The zero-order valence-corrected chi connectivity index (χ0v) is 17.8. The average Bonchev–Trinajstić information content (AvgIpc) is 3.46. The summed E-state index contributed by atoms with van der Waals surface area (Å²) in [5.41, 5.74) is 1.13. The number of carbonyl (C=O) groups excluding carboxylic acids is 2. The third-order valence-corrected chi connectivity index (χ3v) is 5.75. The first-order valence-electron chi connectivity index (χ1n) is 10.7. The van der Waals surface area contributed by atoms with Gasteiger partial charge in [0.25, 0.3) is 11.7 Å². The fourth-order valence-electron chi connectivity index (χ4n) is 4.19. The van der Waals surface area contributed by atoms with Crippen LogP contribution in [0, 0.1) is 0 Å². The highest BCUT2D eigenvalue weighted by atomic mass is 16.6. The van der Waals surface area contributed by atoms with Crippen molar-refractivity contribution < 1.29 is 24.2 Å². The summed E-state index contributed by atoms with van der Waals surface area (Å²) in [5.74, 6) is -0.540. The summed E-state index contributed by atoms with van der Waals surface area (Å²) in [7, 11) is 0. The predicted molar refractivity (Wildman–Crippen MR) is 118 cm³/mol. The lowest BCUT2D eigenvalue weighted by atomic mass is 9.95. The largest absolute Gasteiger partial charge is 0.507 e.